The van der Waals surface area contributed by atoms with Crippen LogP contribution in [0.15, 0.2) is 47.5 Å². The van der Waals surface area contributed by atoms with Gasteiger partial charge >= 0.3 is 6.18 Å². The lowest BCUT2D eigenvalue weighted by molar-refractivity contribution is -0.137. The molecule has 3 rings (SSSR count). The van der Waals surface area contributed by atoms with Gasteiger partial charge in [0.15, 0.2) is 0 Å². The van der Waals surface area contributed by atoms with E-state index < -0.39 is 39.0 Å². The van der Waals surface area contributed by atoms with Gasteiger partial charge in [0.25, 0.3) is 10.0 Å². The van der Waals surface area contributed by atoms with Crippen molar-refractivity contribution in [3.63, 3.8) is 0 Å². The highest BCUT2D eigenvalue weighted by Gasteiger charge is 2.32. The van der Waals surface area contributed by atoms with Crippen molar-refractivity contribution in [3.05, 3.63) is 58.7 Å². The molecule has 0 atom stereocenters. The summed E-state index contributed by atoms with van der Waals surface area (Å²) in [5, 5.41) is 27.2. The Kier molecular flexibility index (Phi) is 5.06. The van der Waals surface area contributed by atoms with Gasteiger partial charge in [-0.3, -0.25) is 10.4 Å². The largest absolute Gasteiger partial charge is 0.416 e. The molecule has 2 aromatic carbocycles. The number of anilines is 1. The van der Waals surface area contributed by atoms with Crippen LogP contribution >= 0.6 is 11.6 Å². The second-order valence-corrected chi connectivity index (χ2v) is 7.97. The van der Waals surface area contributed by atoms with Crippen molar-refractivity contribution in [2.45, 2.75) is 17.7 Å². The minimum absolute atomic E-state index is 0.0233. The number of aromatic nitrogens is 1. The van der Waals surface area contributed by atoms with Crippen LogP contribution in [0.2, 0.25) is 5.02 Å². The molecule has 1 heterocycles. The van der Waals surface area contributed by atoms with E-state index in [2.05, 4.69) is 0 Å². The highest BCUT2D eigenvalue weighted by atomic mass is 35.5. The molecule has 0 spiro atoms. The molecule has 0 saturated carbocycles. The fraction of sp³-hybridized carbons (Fsp3) is 0.125. The standard InChI is InChI=1S/C16H12ClF3N2O5S/c17-13-3-2-11(6-15(13)22(24)25)28(26,27)21-7-9(8-23)12-5-10(16(18,19)20)1-4-14(12)21/h1-7,23-25H,8H2. The number of alkyl halides is 3. The Hall–Kier alpha value is -2.31. The lowest BCUT2D eigenvalue weighted by atomic mass is 10.1. The van der Waals surface area contributed by atoms with Gasteiger partial charge in [0.1, 0.15) is 5.69 Å². The van der Waals surface area contributed by atoms with Crippen LogP contribution in [-0.2, 0) is 22.8 Å². The first-order chi connectivity index (χ1) is 13.0. The van der Waals surface area contributed by atoms with E-state index in [9.17, 15) is 26.7 Å². The number of halogens is 4. The maximum Gasteiger partial charge on any atom is 0.416 e. The van der Waals surface area contributed by atoms with E-state index in [-0.39, 0.29) is 26.7 Å². The number of aliphatic hydroxyl groups excluding tert-OH is 1. The normalized spacial score (nSPS) is 12.5. The van der Waals surface area contributed by atoms with E-state index in [1.807, 2.05) is 0 Å². The molecule has 0 aliphatic heterocycles. The van der Waals surface area contributed by atoms with Crippen LogP contribution in [0.3, 0.4) is 0 Å². The lowest BCUT2D eigenvalue weighted by Crippen LogP contribution is -2.15. The Balaban J connectivity index is 2.24. The molecule has 3 aromatic rings. The van der Waals surface area contributed by atoms with Gasteiger partial charge in [-0.2, -0.15) is 13.2 Å². The van der Waals surface area contributed by atoms with Gasteiger partial charge in [-0.25, -0.2) is 12.4 Å². The maximum absolute atomic E-state index is 13.0. The van der Waals surface area contributed by atoms with E-state index in [1.54, 1.807) is 0 Å². The molecular weight excluding hydrogens is 425 g/mol. The summed E-state index contributed by atoms with van der Waals surface area (Å²) in [6.07, 6.45) is -3.64. The van der Waals surface area contributed by atoms with Gasteiger partial charge in [0, 0.05) is 17.1 Å². The highest BCUT2D eigenvalue weighted by Crippen LogP contribution is 2.35. The second kappa shape index (κ2) is 6.94. The van der Waals surface area contributed by atoms with E-state index in [4.69, 9.17) is 22.0 Å². The number of hydrogen-bond donors (Lipinski definition) is 3. The fourth-order valence-corrected chi connectivity index (χ4v) is 4.29. The number of aliphatic hydroxyl groups is 1. The minimum atomic E-state index is -4.64. The van der Waals surface area contributed by atoms with Crippen molar-refractivity contribution in [2.75, 3.05) is 5.23 Å². The number of hydrogen-bond acceptors (Lipinski definition) is 6. The van der Waals surface area contributed by atoms with Crippen LogP contribution in [0.1, 0.15) is 11.1 Å². The van der Waals surface area contributed by atoms with Crippen LogP contribution in [0.25, 0.3) is 10.9 Å². The summed E-state index contributed by atoms with van der Waals surface area (Å²) in [5.41, 5.74) is -1.51. The van der Waals surface area contributed by atoms with Crippen LogP contribution in [0, 0.1) is 0 Å². The summed E-state index contributed by atoms with van der Waals surface area (Å²) < 4.78 is 65.6. The third-order valence-electron chi connectivity index (χ3n) is 4.04. The first kappa shape index (κ1) is 20.4. The Morgan fingerprint density at radius 3 is 2.36 bits per heavy atom. The summed E-state index contributed by atoms with van der Waals surface area (Å²) in [6.45, 7) is -0.687. The zero-order valence-corrected chi connectivity index (χ0v) is 15.3. The van der Waals surface area contributed by atoms with Gasteiger partial charge < -0.3 is 5.11 Å². The van der Waals surface area contributed by atoms with Crippen LogP contribution in [0.5, 0.6) is 0 Å². The number of nitrogens with zero attached hydrogens (tertiary/aromatic N) is 2. The Labute approximate surface area is 161 Å². The molecule has 150 valence electrons. The molecule has 0 amide bonds. The first-order valence-electron chi connectivity index (χ1n) is 7.52. The Morgan fingerprint density at radius 1 is 1.11 bits per heavy atom. The summed E-state index contributed by atoms with van der Waals surface area (Å²) in [6, 6.07) is 5.56. The molecule has 0 radical (unpaired) electrons. The monoisotopic (exact) mass is 436 g/mol. The first-order valence-corrected chi connectivity index (χ1v) is 9.33. The summed E-state index contributed by atoms with van der Waals surface area (Å²) in [4.78, 5) is -0.402. The van der Waals surface area contributed by atoms with Crippen molar-refractivity contribution in [1.29, 1.82) is 0 Å². The minimum Gasteiger partial charge on any atom is -0.392 e. The predicted octanol–water partition coefficient (Wildman–Crippen LogP) is 3.63. The average molecular weight is 437 g/mol. The molecule has 0 unspecified atom stereocenters. The Morgan fingerprint density at radius 2 is 1.79 bits per heavy atom. The van der Waals surface area contributed by atoms with Crippen LogP contribution in [-0.4, -0.2) is 27.9 Å². The SMILES string of the molecule is O=S(=O)(c1ccc(Cl)c(N(O)O)c1)n1cc(CO)c2cc(C(F)(F)F)ccc21. The van der Waals surface area contributed by atoms with Gasteiger partial charge in [0.05, 0.1) is 27.6 Å². The Bertz CT molecular complexity index is 1160. The van der Waals surface area contributed by atoms with E-state index >= 15 is 0 Å². The molecular formula is C16H12ClF3N2O5S. The third-order valence-corrected chi connectivity index (χ3v) is 6.03. The summed E-state index contributed by atoms with van der Waals surface area (Å²) in [7, 11) is -4.36. The molecule has 0 fully saturated rings. The number of benzene rings is 2. The van der Waals surface area contributed by atoms with Gasteiger partial charge in [0.2, 0.25) is 0 Å². The van der Waals surface area contributed by atoms with Gasteiger partial charge in [-0.15, -0.1) is 5.23 Å². The molecule has 0 aliphatic rings. The molecule has 28 heavy (non-hydrogen) atoms. The molecule has 0 bridgehead atoms. The van der Waals surface area contributed by atoms with Gasteiger partial charge in [-0.1, -0.05) is 11.6 Å². The molecule has 7 nitrogen and oxygen atoms in total. The van der Waals surface area contributed by atoms with Crippen LogP contribution in [0.4, 0.5) is 18.9 Å². The zero-order chi connectivity index (χ0) is 20.9. The third kappa shape index (κ3) is 3.42. The van der Waals surface area contributed by atoms with Crippen molar-refractivity contribution in [3.8, 4) is 0 Å². The van der Waals surface area contributed by atoms with Crippen molar-refractivity contribution < 1.29 is 37.1 Å². The molecule has 0 aliphatic carbocycles. The molecule has 12 heteroatoms. The van der Waals surface area contributed by atoms with Crippen molar-refractivity contribution in [2.24, 2.45) is 0 Å². The van der Waals surface area contributed by atoms with Crippen LogP contribution < -0.4 is 5.23 Å². The van der Waals surface area contributed by atoms with Gasteiger partial charge in [-0.05, 0) is 36.4 Å². The lowest BCUT2D eigenvalue weighted by Gasteiger charge is -2.13. The average Bonchev–Trinajstić information content (AvgIpc) is 2.99. The van der Waals surface area contributed by atoms with Crippen molar-refractivity contribution in [1.82, 2.24) is 3.97 Å². The molecule has 3 N–H and O–H groups in total. The topological polar surface area (TPSA) is 103 Å². The molecule has 1 aromatic heterocycles. The second-order valence-electron chi connectivity index (χ2n) is 5.75. The van der Waals surface area contributed by atoms with E-state index in [0.717, 1.165) is 42.6 Å². The van der Waals surface area contributed by atoms with E-state index in [1.165, 1.54) is 0 Å². The summed E-state index contributed by atoms with van der Waals surface area (Å²) >= 11 is 5.77. The van der Waals surface area contributed by atoms with E-state index in [0.29, 0.717) is 3.97 Å². The summed E-state index contributed by atoms with van der Waals surface area (Å²) in [5.74, 6) is 0. The highest BCUT2D eigenvalue weighted by molar-refractivity contribution is 7.90. The smallest absolute Gasteiger partial charge is 0.392 e. The quantitative estimate of drug-likeness (QED) is 0.540. The zero-order valence-electron chi connectivity index (χ0n) is 13.7. The maximum atomic E-state index is 13.0. The fourth-order valence-electron chi connectivity index (χ4n) is 2.69. The number of rotatable bonds is 4. The van der Waals surface area contributed by atoms with Crippen molar-refractivity contribution >= 4 is 38.2 Å². The molecule has 0 saturated heterocycles. The predicted molar refractivity (Wildman–Crippen MR) is 93.0 cm³/mol. The number of fused-ring (bicyclic) bond motifs is 1.